The molecule has 1 N–H and O–H groups in total. The maximum Gasteiger partial charge on any atom is 0.337 e. The molecule has 1 amide bonds. The molecule has 2 aliphatic heterocycles. The van der Waals surface area contributed by atoms with Gasteiger partial charge in [-0.15, -0.1) is 11.3 Å². The highest BCUT2D eigenvalue weighted by Crippen LogP contribution is 2.34. The molecule has 0 saturated carbocycles. The second-order valence-electron chi connectivity index (χ2n) is 8.82. The second-order valence-corrected chi connectivity index (χ2v) is 14.0. The first-order chi connectivity index (χ1) is 18.0. The number of piperazine rings is 1. The van der Waals surface area contributed by atoms with Crippen molar-refractivity contribution in [2.24, 2.45) is 0 Å². The van der Waals surface area contributed by atoms with Crippen LogP contribution >= 0.6 is 11.3 Å². The number of sulfonamides is 2. The lowest BCUT2D eigenvalue weighted by atomic mass is 10.1. The Morgan fingerprint density at radius 3 is 2.42 bits per heavy atom. The van der Waals surface area contributed by atoms with Crippen LogP contribution in [0.1, 0.15) is 29.6 Å². The van der Waals surface area contributed by atoms with E-state index in [1.807, 2.05) is 0 Å². The molecule has 12 nitrogen and oxygen atoms in total. The number of nitrogens with one attached hydrogen (secondary N) is 1. The summed E-state index contributed by atoms with van der Waals surface area (Å²) in [5, 5.41) is 0. The predicted octanol–water partition coefficient (Wildman–Crippen LogP) is 1.41. The molecule has 15 heteroatoms. The van der Waals surface area contributed by atoms with Gasteiger partial charge in [-0.25, -0.2) is 31.9 Å². The molecule has 1 aromatic heterocycles. The van der Waals surface area contributed by atoms with Crippen molar-refractivity contribution >= 4 is 43.3 Å². The lowest BCUT2D eigenvalue weighted by Crippen LogP contribution is -2.61. The van der Waals surface area contributed by atoms with Crippen molar-refractivity contribution in [2.45, 2.75) is 35.8 Å². The molecule has 1 aromatic carbocycles. The Morgan fingerprint density at radius 1 is 1.05 bits per heavy atom. The van der Waals surface area contributed by atoms with Gasteiger partial charge in [0.2, 0.25) is 10.0 Å². The standard InChI is InChI=1S/C23H29N3O9S3/c1-33-23(28)17-8-6-16(7-9-17)19-10-11-21(36-19)38(31,32)26-13-12-25(37(2,29)30)15-18(26)22(27)24-35-20-5-3-4-14-34-20/h6-11,18,20H,3-5,12-15H2,1-2H3,(H,24,27)/t18-,20?/m1/s1. The van der Waals surface area contributed by atoms with Gasteiger partial charge in [0.25, 0.3) is 15.9 Å². The summed E-state index contributed by atoms with van der Waals surface area (Å²) in [6.45, 7) is -0.180. The average molecular weight is 588 g/mol. The zero-order valence-corrected chi connectivity index (χ0v) is 23.3. The van der Waals surface area contributed by atoms with Gasteiger partial charge < -0.3 is 9.47 Å². The normalized spacial score (nSPS) is 21.6. The SMILES string of the molecule is COC(=O)c1ccc(-c2ccc(S(=O)(=O)N3CCN(S(C)(=O)=O)C[C@@H]3C(=O)NOC3CCCCO3)s2)cc1. The highest BCUT2D eigenvalue weighted by Gasteiger charge is 2.43. The fraction of sp³-hybridized carbons (Fsp3) is 0.478. The average Bonchev–Trinajstić information content (AvgIpc) is 3.42. The van der Waals surface area contributed by atoms with Crippen LogP contribution in [0.2, 0.25) is 0 Å². The number of hydrogen-bond donors (Lipinski definition) is 1. The van der Waals surface area contributed by atoms with E-state index in [1.165, 1.54) is 13.2 Å². The van der Waals surface area contributed by atoms with E-state index < -0.39 is 44.3 Å². The molecule has 38 heavy (non-hydrogen) atoms. The first kappa shape index (κ1) is 28.6. The number of carbonyl (C=O) groups is 2. The number of hydroxylamine groups is 1. The van der Waals surface area contributed by atoms with Crippen molar-refractivity contribution in [1.82, 2.24) is 14.1 Å². The number of thiophene rings is 1. The lowest BCUT2D eigenvalue weighted by Gasteiger charge is -2.38. The Hall–Kier alpha value is -2.40. The van der Waals surface area contributed by atoms with Gasteiger partial charge in [0.1, 0.15) is 10.3 Å². The predicted molar refractivity (Wildman–Crippen MR) is 138 cm³/mol. The van der Waals surface area contributed by atoms with E-state index in [2.05, 4.69) is 5.48 Å². The van der Waals surface area contributed by atoms with Crippen molar-refractivity contribution < 1.29 is 40.7 Å². The van der Waals surface area contributed by atoms with E-state index in [1.54, 1.807) is 30.3 Å². The van der Waals surface area contributed by atoms with Gasteiger partial charge in [0.15, 0.2) is 6.29 Å². The van der Waals surface area contributed by atoms with Crippen LogP contribution in [0.15, 0.2) is 40.6 Å². The summed E-state index contributed by atoms with van der Waals surface area (Å²) in [6, 6.07) is 8.24. The van der Waals surface area contributed by atoms with Gasteiger partial charge in [-0.2, -0.15) is 8.61 Å². The molecule has 3 heterocycles. The number of nitrogens with zero attached hydrogens (tertiary/aromatic N) is 2. The Balaban J connectivity index is 1.56. The molecular weight excluding hydrogens is 558 g/mol. The maximum absolute atomic E-state index is 13.7. The zero-order valence-electron chi connectivity index (χ0n) is 20.9. The number of benzene rings is 1. The van der Waals surface area contributed by atoms with Gasteiger partial charge in [0.05, 0.1) is 18.9 Å². The smallest absolute Gasteiger partial charge is 0.337 e. The first-order valence-corrected chi connectivity index (χ1v) is 15.9. The van der Waals surface area contributed by atoms with Crippen molar-refractivity contribution in [3.05, 3.63) is 42.0 Å². The molecule has 2 aliphatic rings. The quantitative estimate of drug-likeness (QED) is 0.357. The number of methoxy groups -OCH3 is 1. The minimum Gasteiger partial charge on any atom is -0.465 e. The topological polar surface area (TPSA) is 149 Å². The molecule has 208 valence electrons. The zero-order chi connectivity index (χ0) is 27.5. The van der Waals surface area contributed by atoms with Crippen molar-refractivity contribution in [1.29, 1.82) is 0 Å². The molecule has 0 spiro atoms. The van der Waals surface area contributed by atoms with Crippen LogP contribution in [0.3, 0.4) is 0 Å². The van der Waals surface area contributed by atoms with Gasteiger partial charge >= 0.3 is 5.97 Å². The Labute approximate surface area is 225 Å². The molecule has 2 fully saturated rings. The number of hydrogen-bond acceptors (Lipinski definition) is 10. The summed E-state index contributed by atoms with van der Waals surface area (Å²) in [6.07, 6.45) is 2.66. The van der Waals surface area contributed by atoms with Gasteiger partial charge in [-0.05, 0) is 42.7 Å². The first-order valence-electron chi connectivity index (χ1n) is 11.8. The lowest BCUT2D eigenvalue weighted by molar-refractivity contribution is -0.202. The summed E-state index contributed by atoms with van der Waals surface area (Å²) in [4.78, 5) is 30.7. The van der Waals surface area contributed by atoms with E-state index in [0.717, 1.165) is 39.0 Å². The van der Waals surface area contributed by atoms with E-state index in [0.29, 0.717) is 29.0 Å². The van der Waals surface area contributed by atoms with Gasteiger partial charge in [0, 0.05) is 37.5 Å². The largest absolute Gasteiger partial charge is 0.465 e. The Bertz CT molecular complexity index is 1370. The number of amides is 1. The minimum absolute atomic E-state index is 0.00770. The summed E-state index contributed by atoms with van der Waals surface area (Å²) >= 11 is 1.00. The van der Waals surface area contributed by atoms with E-state index in [4.69, 9.17) is 14.3 Å². The van der Waals surface area contributed by atoms with Gasteiger partial charge in [-0.3, -0.25) is 4.79 Å². The fourth-order valence-electron chi connectivity index (χ4n) is 4.16. The summed E-state index contributed by atoms with van der Waals surface area (Å²) < 4.78 is 63.9. The third-order valence-corrected chi connectivity index (χ3v) is 11.0. The van der Waals surface area contributed by atoms with Crippen molar-refractivity contribution in [2.75, 3.05) is 39.6 Å². The number of ether oxygens (including phenoxy) is 2. The highest BCUT2D eigenvalue weighted by atomic mass is 32.2. The number of esters is 1. The second kappa shape index (κ2) is 11.8. The molecule has 1 unspecified atom stereocenters. The molecule has 2 aromatic rings. The van der Waals surface area contributed by atoms with Crippen LogP contribution in [-0.4, -0.2) is 89.3 Å². The molecule has 2 atom stereocenters. The molecule has 0 radical (unpaired) electrons. The van der Waals surface area contributed by atoms with Crippen LogP contribution in [0.5, 0.6) is 0 Å². The van der Waals surface area contributed by atoms with E-state index >= 15 is 0 Å². The van der Waals surface area contributed by atoms with Crippen molar-refractivity contribution in [3.63, 3.8) is 0 Å². The molecule has 2 saturated heterocycles. The third-order valence-electron chi connectivity index (χ3n) is 6.23. The fourth-order valence-corrected chi connectivity index (χ4v) is 7.99. The number of carbonyl (C=O) groups excluding carboxylic acids is 2. The summed E-state index contributed by atoms with van der Waals surface area (Å²) in [5.41, 5.74) is 3.33. The van der Waals surface area contributed by atoms with Crippen LogP contribution in [0.4, 0.5) is 0 Å². The Morgan fingerprint density at radius 2 is 1.79 bits per heavy atom. The van der Waals surface area contributed by atoms with Crippen LogP contribution in [0, 0.1) is 0 Å². The monoisotopic (exact) mass is 587 g/mol. The van der Waals surface area contributed by atoms with Gasteiger partial charge in [-0.1, -0.05) is 12.1 Å². The molecular formula is C23H29N3O9S3. The van der Waals surface area contributed by atoms with E-state index in [9.17, 15) is 26.4 Å². The Kier molecular flexibility index (Phi) is 8.86. The minimum atomic E-state index is -4.17. The summed E-state index contributed by atoms with van der Waals surface area (Å²) in [7, 11) is -6.56. The molecule has 0 bridgehead atoms. The maximum atomic E-state index is 13.7. The number of rotatable bonds is 8. The molecule has 0 aliphatic carbocycles. The van der Waals surface area contributed by atoms with Crippen LogP contribution in [0.25, 0.3) is 10.4 Å². The molecule has 4 rings (SSSR count). The van der Waals surface area contributed by atoms with Crippen LogP contribution in [-0.2, 0) is 39.2 Å². The third kappa shape index (κ3) is 6.42. The van der Waals surface area contributed by atoms with Crippen molar-refractivity contribution in [3.8, 4) is 10.4 Å². The van der Waals surface area contributed by atoms with E-state index in [-0.39, 0.29) is 23.8 Å². The summed E-state index contributed by atoms with van der Waals surface area (Å²) in [5.74, 6) is -1.27. The highest BCUT2D eigenvalue weighted by molar-refractivity contribution is 7.91. The van der Waals surface area contributed by atoms with Crippen LogP contribution < -0.4 is 5.48 Å².